The van der Waals surface area contributed by atoms with Crippen LogP contribution in [0.25, 0.3) is 0 Å². The number of para-hydroxylation sites is 2. The number of nitrogens with one attached hydrogen (secondary N) is 2. The van der Waals surface area contributed by atoms with Crippen LogP contribution < -0.4 is 20.1 Å². The quantitative estimate of drug-likeness (QED) is 0.573. The first-order valence-corrected chi connectivity index (χ1v) is 11.5. The van der Waals surface area contributed by atoms with Crippen LogP contribution >= 0.6 is 23.5 Å². The Bertz CT molecular complexity index is 867. The summed E-state index contributed by atoms with van der Waals surface area (Å²) >= 11 is 1.46. The molecule has 0 saturated carbocycles. The first kappa shape index (κ1) is 26.2. The number of benzene rings is 2. The predicted molar refractivity (Wildman–Crippen MR) is 127 cm³/mol. The maximum absolute atomic E-state index is 11.3. The van der Waals surface area contributed by atoms with E-state index in [2.05, 4.69) is 10.6 Å². The lowest BCUT2D eigenvalue weighted by molar-refractivity contribution is -0.113. The molecule has 2 heterocycles. The van der Waals surface area contributed by atoms with E-state index in [0.29, 0.717) is 26.1 Å². The monoisotopic (exact) mass is 492 g/mol. The molecule has 0 aliphatic carbocycles. The molecule has 176 valence electrons. The van der Waals surface area contributed by atoms with Crippen molar-refractivity contribution in [1.82, 2.24) is 10.6 Å². The zero-order valence-corrected chi connectivity index (χ0v) is 19.2. The van der Waals surface area contributed by atoms with Gasteiger partial charge in [-0.3, -0.25) is 19.2 Å². The molecule has 9 nitrogen and oxygen atoms in total. The van der Waals surface area contributed by atoms with Crippen LogP contribution in [-0.4, -0.2) is 51.5 Å². The van der Waals surface area contributed by atoms with Crippen molar-refractivity contribution in [1.29, 1.82) is 0 Å². The maximum atomic E-state index is 11.3. The number of carbonyl (C=O) groups excluding carboxylic acids is 4. The van der Waals surface area contributed by atoms with Gasteiger partial charge in [-0.15, -0.1) is 0 Å². The number of rotatable bonds is 8. The standard InChI is InChI=1S/2C11H11NO3S.H2O/c2*13-10-9(12-11(14)16-10)6-7-15-8-4-2-1-3-5-8;/h2*1-5,9H,6-7H2,(H,12,14);1H2. The second-order valence-electron chi connectivity index (χ2n) is 6.71. The van der Waals surface area contributed by atoms with E-state index in [4.69, 9.17) is 9.47 Å². The SMILES string of the molecule is O.O=C1NC(CCOc2ccccc2)C(=O)S1.O=C1NC(CCOc2ccccc2)C(=O)S1. The molecule has 11 heteroatoms. The van der Waals surface area contributed by atoms with Gasteiger partial charge in [-0.2, -0.15) is 0 Å². The van der Waals surface area contributed by atoms with Gasteiger partial charge < -0.3 is 25.6 Å². The van der Waals surface area contributed by atoms with Crippen LogP contribution in [-0.2, 0) is 9.59 Å². The Kier molecular flexibility index (Phi) is 10.7. The molecule has 4 N–H and O–H groups in total. The fourth-order valence-electron chi connectivity index (χ4n) is 2.79. The van der Waals surface area contributed by atoms with Crippen molar-refractivity contribution in [2.75, 3.05) is 13.2 Å². The fourth-order valence-corrected chi connectivity index (χ4v) is 4.19. The second kappa shape index (κ2) is 13.5. The zero-order chi connectivity index (χ0) is 22.8. The van der Waals surface area contributed by atoms with Crippen LogP contribution in [0.5, 0.6) is 11.5 Å². The summed E-state index contributed by atoms with van der Waals surface area (Å²) in [5, 5.41) is 4.38. The first-order valence-electron chi connectivity index (χ1n) is 9.91. The smallest absolute Gasteiger partial charge is 0.287 e. The van der Waals surface area contributed by atoms with Crippen molar-refractivity contribution in [3.63, 3.8) is 0 Å². The van der Waals surface area contributed by atoms with Crippen LogP contribution in [0.2, 0.25) is 0 Å². The molecule has 2 saturated heterocycles. The largest absolute Gasteiger partial charge is 0.494 e. The summed E-state index contributed by atoms with van der Waals surface area (Å²) in [6.07, 6.45) is 1.01. The highest BCUT2D eigenvalue weighted by atomic mass is 32.2. The van der Waals surface area contributed by atoms with E-state index in [0.717, 1.165) is 35.0 Å². The van der Waals surface area contributed by atoms with E-state index < -0.39 is 12.1 Å². The van der Waals surface area contributed by atoms with Gasteiger partial charge in [0.1, 0.15) is 23.6 Å². The summed E-state index contributed by atoms with van der Waals surface area (Å²) in [5.74, 6) is 1.54. The van der Waals surface area contributed by atoms with Gasteiger partial charge in [0.25, 0.3) is 10.5 Å². The van der Waals surface area contributed by atoms with Crippen LogP contribution in [0.3, 0.4) is 0 Å². The minimum atomic E-state index is -0.402. The third kappa shape index (κ3) is 8.79. The van der Waals surface area contributed by atoms with Crippen molar-refractivity contribution in [2.45, 2.75) is 24.9 Å². The Morgan fingerprint density at radius 3 is 1.30 bits per heavy atom. The Balaban J connectivity index is 0.000000227. The molecule has 0 bridgehead atoms. The highest BCUT2D eigenvalue weighted by Crippen LogP contribution is 2.19. The molecule has 0 aromatic heterocycles. The van der Waals surface area contributed by atoms with E-state index in [-0.39, 0.29) is 26.2 Å². The van der Waals surface area contributed by atoms with Crippen LogP contribution in [0.4, 0.5) is 9.59 Å². The lowest BCUT2D eigenvalue weighted by atomic mass is 10.2. The van der Waals surface area contributed by atoms with Gasteiger partial charge >= 0.3 is 0 Å². The van der Waals surface area contributed by atoms with E-state index in [1.165, 1.54) is 0 Å². The van der Waals surface area contributed by atoms with Gasteiger partial charge in [-0.25, -0.2) is 0 Å². The fraction of sp³-hybridized carbons (Fsp3) is 0.273. The van der Waals surface area contributed by atoms with E-state index in [9.17, 15) is 19.2 Å². The predicted octanol–water partition coefficient (Wildman–Crippen LogP) is 2.79. The van der Waals surface area contributed by atoms with Gasteiger partial charge in [0, 0.05) is 36.4 Å². The van der Waals surface area contributed by atoms with Crippen molar-refractivity contribution in [2.24, 2.45) is 0 Å². The summed E-state index contributed by atoms with van der Waals surface area (Å²) in [7, 11) is 0. The second-order valence-corrected chi connectivity index (χ2v) is 8.67. The summed E-state index contributed by atoms with van der Waals surface area (Å²) in [5.41, 5.74) is 0. The molecule has 2 aromatic carbocycles. The summed E-state index contributed by atoms with van der Waals surface area (Å²) in [4.78, 5) is 44.3. The third-order valence-corrected chi connectivity index (χ3v) is 5.95. The zero-order valence-electron chi connectivity index (χ0n) is 17.5. The molecule has 2 amide bonds. The number of carbonyl (C=O) groups is 4. The molecule has 2 unspecified atom stereocenters. The molecule has 2 aromatic rings. The first-order chi connectivity index (χ1) is 15.5. The van der Waals surface area contributed by atoms with Gasteiger partial charge in [0.2, 0.25) is 10.2 Å². The molecule has 0 spiro atoms. The lowest BCUT2D eigenvalue weighted by Crippen LogP contribution is -2.30. The molecule has 0 radical (unpaired) electrons. The summed E-state index contributed by atoms with van der Waals surface area (Å²) < 4.78 is 10.9. The minimum absolute atomic E-state index is 0. The average Bonchev–Trinajstić information content (AvgIpc) is 3.29. The van der Waals surface area contributed by atoms with Crippen LogP contribution in [0, 0.1) is 0 Å². The normalized spacial score (nSPS) is 19.0. The summed E-state index contributed by atoms with van der Waals surface area (Å²) in [6, 6.07) is 17.9. The van der Waals surface area contributed by atoms with Crippen molar-refractivity contribution in [3.05, 3.63) is 60.7 Å². The van der Waals surface area contributed by atoms with Gasteiger partial charge in [-0.1, -0.05) is 36.4 Å². The molecular formula is C22H24N2O7S2. The Morgan fingerprint density at radius 2 is 1.00 bits per heavy atom. The average molecular weight is 493 g/mol. The molecule has 2 fully saturated rings. The van der Waals surface area contributed by atoms with E-state index in [1.54, 1.807) is 0 Å². The minimum Gasteiger partial charge on any atom is -0.494 e. The molecular weight excluding hydrogens is 468 g/mol. The van der Waals surface area contributed by atoms with Gasteiger partial charge in [0.05, 0.1) is 13.2 Å². The summed E-state index contributed by atoms with van der Waals surface area (Å²) in [6.45, 7) is 0.836. The van der Waals surface area contributed by atoms with Gasteiger partial charge in [0.15, 0.2) is 0 Å². The Hall–Kier alpha value is -3.02. The molecule has 2 aliphatic rings. The Labute approximate surface area is 199 Å². The highest BCUT2D eigenvalue weighted by Gasteiger charge is 2.31. The van der Waals surface area contributed by atoms with Crippen molar-refractivity contribution >= 4 is 44.2 Å². The molecule has 2 aliphatic heterocycles. The number of thioether (sulfide) groups is 2. The number of ether oxygens (including phenoxy) is 2. The van der Waals surface area contributed by atoms with Crippen LogP contribution in [0.1, 0.15) is 12.8 Å². The molecule has 4 rings (SSSR count). The Morgan fingerprint density at radius 1 is 0.636 bits per heavy atom. The third-order valence-electron chi connectivity index (χ3n) is 4.38. The number of amides is 2. The van der Waals surface area contributed by atoms with E-state index in [1.807, 2.05) is 60.7 Å². The maximum Gasteiger partial charge on any atom is 0.287 e. The van der Waals surface area contributed by atoms with E-state index >= 15 is 0 Å². The number of hydrogen-bond acceptors (Lipinski definition) is 8. The highest BCUT2D eigenvalue weighted by molar-refractivity contribution is 8.27. The molecule has 33 heavy (non-hydrogen) atoms. The van der Waals surface area contributed by atoms with Gasteiger partial charge in [-0.05, 0) is 24.3 Å². The van der Waals surface area contributed by atoms with Crippen LogP contribution in [0.15, 0.2) is 60.7 Å². The van der Waals surface area contributed by atoms with Crippen molar-refractivity contribution in [3.8, 4) is 11.5 Å². The van der Waals surface area contributed by atoms with Crippen molar-refractivity contribution < 1.29 is 34.1 Å². The topological polar surface area (TPSA) is 142 Å². The molecule has 2 atom stereocenters. The number of hydrogen-bond donors (Lipinski definition) is 2. The lowest BCUT2D eigenvalue weighted by Gasteiger charge is -2.09.